The second-order valence-corrected chi connectivity index (χ2v) is 23.0. The highest BCUT2D eigenvalue weighted by molar-refractivity contribution is 14.1. The van der Waals surface area contributed by atoms with Crippen LogP contribution in [0.25, 0.3) is 10.8 Å². The summed E-state index contributed by atoms with van der Waals surface area (Å²) in [5.41, 5.74) is -1.72. The molecule has 17 nitrogen and oxygen atoms in total. The van der Waals surface area contributed by atoms with Crippen molar-refractivity contribution < 1.29 is 63.5 Å². The minimum Gasteiger partial charge on any atom is -0.458 e. The third kappa shape index (κ3) is 13.9. The summed E-state index contributed by atoms with van der Waals surface area (Å²) >= 11 is 1.78. The van der Waals surface area contributed by atoms with Crippen LogP contribution in [-0.2, 0) is 33.2 Å². The second kappa shape index (κ2) is 24.8. The Kier molecular flexibility index (Phi) is 20.8. The molecule has 0 radical (unpaired) electrons. The van der Waals surface area contributed by atoms with Crippen LogP contribution in [0, 0.1) is 17.8 Å². The lowest BCUT2D eigenvalue weighted by Gasteiger charge is -2.48. The predicted octanol–water partition coefficient (Wildman–Crippen LogP) is 5.25. The highest BCUT2D eigenvalue weighted by atomic mass is 127. The molecule has 0 aliphatic carbocycles. The van der Waals surface area contributed by atoms with Crippen molar-refractivity contribution in [1.82, 2.24) is 20.4 Å². The van der Waals surface area contributed by atoms with Gasteiger partial charge in [-0.25, -0.2) is 4.79 Å². The first-order valence-electron chi connectivity index (χ1n) is 25.2. The topological polar surface area (TPSA) is 221 Å². The van der Waals surface area contributed by atoms with E-state index < -0.39 is 94.0 Å². The average molecular weight is 1100 g/mol. The Morgan fingerprint density at radius 2 is 1.64 bits per heavy atom. The molecule has 0 bridgehead atoms. The van der Waals surface area contributed by atoms with E-state index in [9.17, 15) is 35.1 Å². The number of esters is 1. The lowest BCUT2D eigenvalue weighted by molar-refractivity contribution is -0.318. The molecule has 5 rings (SSSR count). The first kappa shape index (κ1) is 58.6. The summed E-state index contributed by atoms with van der Waals surface area (Å²) in [5, 5.41) is 68.3. The number of hydrogen-bond acceptors (Lipinski definition) is 15. The number of nitrogens with zero attached hydrogens (tertiary/aromatic N) is 2. The molecule has 7 N–H and O–H groups in total. The van der Waals surface area contributed by atoms with E-state index in [1.54, 1.807) is 64.1 Å². The Hall–Kier alpha value is -2.31. The number of benzene rings is 2. The van der Waals surface area contributed by atoms with Gasteiger partial charge in [0, 0.05) is 51.2 Å². The maximum Gasteiger partial charge on any atom is 0.315 e. The molecule has 2 amide bonds. The van der Waals surface area contributed by atoms with Crippen LogP contribution in [0.1, 0.15) is 113 Å². The van der Waals surface area contributed by atoms with Crippen LogP contribution in [0.5, 0.6) is 0 Å². The lowest BCUT2D eigenvalue weighted by Crippen LogP contribution is -2.60. The zero-order valence-electron chi connectivity index (χ0n) is 43.7. The number of likely N-dealkylation sites (N-methyl/N-ethyl adjacent to an activating group) is 1. The Morgan fingerprint density at radius 3 is 2.30 bits per heavy atom. The maximum absolute atomic E-state index is 14.6. The van der Waals surface area contributed by atoms with Gasteiger partial charge in [0.1, 0.15) is 24.4 Å². The smallest absolute Gasteiger partial charge is 0.315 e. The number of ether oxygens (including phenoxy) is 6. The quantitative estimate of drug-likeness (QED) is 0.0590. The molecule has 3 saturated heterocycles. The highest BCUT2D eigenvalue weighted by Crippen LogP contribution is 2.41. The molecule has 70 heavy (non-hydrogen) atoms. The number of cyclic esters (lactones) is 1. The van der Waals surface area contributed by atoms with E-state index in [1.165, 1.54) is 7.11 Å². The molecular formula is C52H85IN4O13. The third-order valence-electron chi connectivity index (χ3n) is 15.2. The van der Waals surface area contributed by atoms with Gasteiger partial charge >= 0.3 is 12.0 Å². The van der Waals surface area contributed by atoms with Gasteiger partial charge in [-0.2, -0.15) is 0 Å². The van der Waals surface area contributed by atoms with Gasteiger partial charge in [0.15, 0.2) is 16.2 Å². The van der Waals surface area contributed by atoms with Crippen LogP contribution in [0.3, 0.4) is 0 Å². The average Bonchev–Trinajstić information content (AvgIpc) is 3.30. The molecule has 1 unspecified atom stereocenters. The number of methoxy groups -OCH3 is 1. The first-order valence-corrected chi connectivity index (χ1v) is 26.3. The van der Waals surface area contributed by atoms with Gasteiger partial charge in [0.2, 0.25) is 0 Å². The molecule has 2 aromatic rings. The van der Waals surface area contributed by atoms with Crippen LogP contribution in [0.2, 0.25) is 0 Å². The van der Waals surface area contributed by atoms with Crippen molar-refractivity contribution >= 4 is 45.4 Å². The van der Waals surface area contributed by atoms with Crippen molar-refractivity contribution in [3.05, 3.63) is 48.0 Å². The minimum absolute atomic E-state index is 0.0981. The minimum atomic E-state index is -1.95. The van der Waals surface area contributed by atoms with Gasteiger partial charge in [-0.3, -0.25) is 9.69 Å². The fourth-order valence-corrected chi connectivity index (χ4v) is 12.1. The van der Waals surface area contributed by atoms with E-state index in [1.807, 2.05) is 94.1 Å². The molecular weight excluding hydrogens is 1020 g/mol. The highest BCUT2D eigenvalue weighted by Gasteiger charge is 2.53. The number of fused-ring (bicyclic) bond motifs is 1. The molecule has 3 aliphatic rings. The standard InChI is InChI=1S/C52H85IN4O13/c1-14-40-52(53,64)44(59)34(7)57(24-18-23-54-49(62)55-33(6)37-22-17-20-36-19-15-16-21-38(36)37)28-29(2)26-50(9,63)46(70-48-42(58)39(56(11)12)25-30(3)66-48)31(4)43(32(5)47(61)68-40)69-41-27-51(10,65-13)45(60)35(8)67-41/h15-17,19-22,29-35,39-46,48,58-60,63-64H,14,18,23-28H2,1-13H3,(H2,54,55,62)/t29-,30-,31+,32-,33?,34-,35+,39+,40-,41+,42-,43+,44-,45+,46-,48+,50-,51-,52-/m1/s1. The monoisotopic (exact) mass is 1100 g/mol. The van der Waals surface area contributed by atoms with E-state index in [0.717, 1.165) is 16.3 Å². The van der Waals surface area contributed by atoms with Crippen LogP contribution >= 0.6 is 22.6 Å². The molecule has 2 aromatic carbocycles. The number of carbonyl (C=O) groups excluding carboxylic acids is 2. The van der Waals surface area contributed by atoms with Gasteiger partial charge in [-0.15, -0.1) is 0 Å². The zero-order chi connectivity index (χ0) is 52.0. The number of hydrogen-bond donors (Lipinski definition) is 7. The lowest BCUT2D eigenvalue weighted by atomic mass is 9.77. The van der Waals surface area contributed by atoms with Crippen molar-refractivity contribution in [2.45, 2.75) is 196 Å². The Bertz CT molecular complexity index is 1990. The number of nitrogens with one attached hydrogen (secondary N) is 2. The molecule has 0 saturated carbocycles. The van der Waals surface area contributed by atoms with Crippen LogP contribution in [0.15, 0.2) is 42.5 Å². The number of carbonyl (C=O) groups is 2. The summed E-state index contributed by atoms with van der Waals surface area (Å²) in [4.78, 5) is 31.8. The molecule has 18 heteroatoms. The fraction of sp³-hybridized carbons (Fsp3) is 0.769. The Morgan fingerprint density at radius 1 is 0.971 bits per heavy atom. The summed E-state index contributed by atoms with van der Waals surface area (Å²) in [7, 11) is 5.26. The Labute approximate surface area is 429 Å². The number of halogens is 1. The largest absolute Gasteiger partial charge is 0.458 e. The van der Waals surface area contributed by atoms with Gasteiger partial charge in [-0.1, -0.05) is 63.2 Å². The van der Waals surface area contributed by atoms with E-state index in [4.69, 9.17) is 28.4 Å². The van der Waals surface area contributed by atoms with E-state index in [2.05, 4.69) is 10.6 Å². The predicted molar refractivity (Wildman–Crippen MR) is 275 cm³/mol. The summed E-state index contributed by atoms with van der Waals surface area (Å²) in [6, 6.07) is 12.5. The molecule has 3 aliphatic heterocycles. The summed E-state index contributed by atoms with van der Waals surface area (Å²) in [6.45, 7) is 19.0. The summed E-state index contributed by atoms with van der Waals surface area (Å²) in [5.74, 6) is -2.90. The number of urea groups is 1. The van der Waals surface area contributed by atoms with Crippen molar-refractivity contribution in [2.24, 2.45) is 17.8 Å². The van der Waals surface area contributed by atoms with E-state index in [0.29, 0.717) is 32.5 Å². The normalized spacial score (nSPS) is 40.2. The van der Waals surface area contributed by atoms with Crippen LogP contribution in [-0.4, -0.2) is 176 Å². The number of aliphatic hydroxyl groups is 5. The molecule has 398 valence electrons. The number of aliphatic hydroxyl groups excluding tert-OH is 3. The maximum atomic E-state index is 14.6. The molecule has 0 spiro atoms. The van der Waals surface area contributed by atoms with Crippen LogP contribution < -0.4 is 10.6 Å². The van der Waals surface area contributed by atoms with E-state index in [-0.39, 0.29) is 49.4 Å². The fourth-order valence-electron chi connectivity index (χ4n) is 11.0. The van der Waals surface area contributed by atoms with Gasteiger partial charge in [0.25, 0.3) is 0 Å². The van der Waals surface area contributed by atoms with Crippen molar-refractivity contribution in [3.8, 4) is 0 Å². The molecule has 3 fully saturated rings. The second-order valence-electron chi connectivity index (χ2n) is 21.3. The third-order valence-corrected chi connectivity index (χ3v) is 16.5. The van der Waals surface area contributed by atoms with Crippen molar-refractivity contribution in [2.75, 3.05) is 40.8 Å². The molecule has 3 heterocycles. The number of alkyl halides is 1. The molecule has 0 aromatic heterocycles. The SMILES string of the molecule is CC[C@H]1OC(=O)[C@H](C)[C@@H](O[C@H]2C[C@@](C)(OC)[C@@H](O)[C@H](C)O2)[C@H](C)[C@@H](O[C@@H]2O[C@H](C)C[C@H](N(C)C)[C@H]2O)[C@](C)(O)C[C@@H](C)CN(CCCNC(=O)NC(C)c2cccc3ccccc23)[C@H](C)[C@@H](O)[C@@]1(O)I. The van der Waals surface area contributed by atoms with Gasteiger partial charge < -0.3 is 69.5 Å². The van der Waals surface area contributed by atoms with Crippen molar-refractivity contribution in [3.63, 3.8) is 0 Å². The Balaban J connectivity index is 1.46. The number of rotatable bonds is 13. The zero-order valence-corrected chi connectivity index (χ0v) is 45.9. The van der Waals surface area contributed by atoms with E-state index >= 15 is 0 Å². The summed E-state index contributed by atoms with van der Waals surface area (Å²) in [6.07, 6.45) is -8.63. The van der Waals surface area contributed by atoms with Gasteiger partial charge in [0.05, 0.1) is 47.6 Å². The van der Waals surface area contributed by atoms with Gasteiger partial charge in [-0.05, 0) is 133 Å². The van der Waals surface area contributed by atoms with Crippen molar-refractivity contribution in [1.29, 1.82) is 0 Å². The van der Waals surface area contributed by atoms with Crippen LogP contribution in [0.4, 0.5) is 4.79 Å². The molecule has 19 atom stereocenters. The first-order chi connectivity index (χ1) is 32.8. The summed E-state index contributed by atoms with van der Waals surface area (Å²) < 4.78 is 36.2. The number of amides is 2.